The van der Waals surface area contributed by atoms with Gasteiger partial charge in [-0.1, -0.05) is 12.1 Å². The Morgan fingerprint density at radius 2 is 1.85 bits per heavy atom. The molecule has 0 aliphatic heterocycles. The first-order chi connectivity index (χ1) is 9.31. The molecule has 0 aliphatic rings. The molecule has 0 heterocycles. The molecule has 0 aromatic heterocycles. The second-order valence-corrected chi connectivity index (χ2v) is 5.36. The van der Waals surface area contributed by atoms with E-state index in [2.05, 4.69) is 5.32 Å². The van der Waals surface area contributed by atoms with Gasteiger partial charge >= 0.3 is 0 Å². The zero-order valence-corrected chi connectivity index (χ0v) is 12.4. The minimum absolute atomic E-state index is 0.144. The lowest BCUT2D eigenvalue weighted by molar-refractivity contribution is -0.123. The van der Waals surface area contributed by atoms with Gasteiger partial charge in [0.2, 0.25) is 5.91 Å². The zero-order chi connectivity index (χ0) is 15.3. The molecule has 0 spiro atoms. The van der Waals surface area contributed by atoms with Crippen molar-refractivity contribution in [3.63, 3.8) is 0 Å². The number of hydrogen-bond donors (Lipinski definition) is 2. The monoisotopic (exact) mass is 282 g/mol. The third-order valence-corrected chi connectivity index (χ3v) is 3.35. The van der Waals surface area contributed by atoms with Crippen molar-refractivity contribution in [1.82, 2.24) is 10.2 Å². The fourth-order valence-electron chi connectivity index (χ4n) is 1.74. The smallest absolute Gasteiger partial charge is 0.234 e. The van der Waals surface area contributed by atoms with Crippen molar-refractivity contribution in [2.24, 2.45) is 0 Å². The molecule has 2 unspecified atom stereocenters. The van der Waals surface area contributed by atoms with Crippen molar-refractivity contribution >= 4 is 5.91 Å². The Hall–Kier alpha value is -1.46. The molecule has 1 aromatic rings. The van der Waals surface area contributed by atoms with E-state index in [1.54, 1.807) is 6.92 Å². The highest BCUT2D eigenvalue weighted by Crippen LogP contribution is 2.17. The lowest BCUT2D eigenvalue weighted by atomic mass is 10.0. The number of aliphatic hydroxyl groups is 1. The van der Waals surface area contributed by atoms with E-state index in [4.69, 9.17) is 0 Å². The van der Waals surface area contributed by atoms with Crippen LogP contribution in [0.1, 0.15) is 32.4 Å². The Bertz CT molecular complexity index is 434. The molecule has 2 N–H and O–H groups in total. The molecule has 5 heteroatoms. The maximum atomic E-state index is 12.8. The predicted molar refractivity (Wildman–Crippen MR) is 76.7 cm³/mol. The van der Waals surface area contributed by atoms with Gasteiger partial charge in [0, 0.05) is 6.04 Å². The molecule has 0 saturated heterocycles. The molecule has 20 heavy (non-hydrogen) atoms. The van der Waals surface area contributed by atoms with Crippen LogP contribution < -0.4 is 5.32 Å². The van der Waals surface area contributed by atoms with Crippen LogP contribution in [0.15, 0.2) is 24.3 Å². The summed E-state index contributed by atoms with van der Waals surface area (Å²) >= 11 is 0. The topological polar surface area (TPSA) is 52.6 Å². The average Bonchev–Trinajstić information content (AvgIpc) is 2.38. The van der Waals surface area contributed by atoms with E-state index in [1.165, 1.54) is 24.3 Å². The quantitative estimate of drug-likeness (QED) is 0.835. The molecule has 0 saturated carbocycles. The molecular weight excluding hydrogens is 259 g/mol. The van der Waals surface area contributed by atoms with E-state index in [-0.39, 0.29) is 24.3 Å². The third-order valence-electron chi connectivity index (χ3n) is 3.35. The molecule has 0 bridgehead atoms. The lowest BCUT2D eigenvalue weighted by Crippen LogP contribution is -2.43. The second-order valence-electron chi connectivity index (χ2n) is 5.36. The minimum atomic E-state index is -0.857. The molecule has 1 rings (SSSR count). The van der Waals surface area contributed by atoms with Gasteiger partial charge in [0.15, 0.2) is 0 Å². The molecule has 2 atom stereocenters. The molecule has 1 aromatic carbocycles. The number of aliphatic hydroxyl groups excluding tert-OH is 1. The summed E-state index contributed by atoms with van der Waals surface area (Å²) < 4.78 is 12.8. The van der Waals surface area contributed by atoms with Crippen molar-refractivity contribution in [2.45, 2.75) is 39.0 Å². The van der Waals surface area contributed by atoms with Gasteiger partial charge in [-0.05, 0) is 45.5 Å². The van der Waals surface area contributed by atoms with Crippen LogP contribution >= 0.6 is 0 Å². The largest absolute Gasteiger partial charge is 0.386 e. The first-order valence-electron chi connectivity index (χ1n) is 6.74. The number of benzene rings is 1. The van der Waals surface area contributed by atoms with Crippen LogP contribution in [0.5, 0.6) is 0 Å². The van der Waals surface area contributed by atoms with Gasteiger partial charge in [0.05, 0.1) is 18.7 Å². The van der Waals surface area contributed by atoms with Crippen LogP contribution in [0.2, 0.25) is 0 Å². The highest BCUT2D eigenvalue weighted by molar-refractivity contribution is 5.78. The Morgan fingerprint density at radius 1 is 1.30 bits per heavy atom. The first-order valence-corrected chi connectivity index (χ1v) is 6.74. The number of hydrogen-bond acceptors (Lipinski definition) is 3. The Kier molecular flexibility index (Phi) is 6.10. The van der Waals surface area contributed by atoms with Gasteiger partial charge in [-0.3, -0.25) is 9.69 Å². The van der Waals surface area contributed by atoms with Gasteiger partial charge in [0.25, 0.3) is 0 Å². The number of likely N-dealkylation sites (N-methyl/N-ethyl adjacent to an activating group) is 1. The minimum Gasteiger partial charge on any atom is -0.386 e. The summed E-state index contributed by atoms with van der Waals surface area (Å²) in [5.74, 6) is -0.494. The summed E-state index contributed by atoms with van der Waals surface area (Å²) in [6.07, 6.45) is -0.857. The van der Waals surface area contributed by atoms with E-state index in [0.29, 0.717) is 5.56 Å². The maximum absolute atomic E-state index is 12.8. The second kappa shape index (κ2) is 7.36. The highest BCUT2D eigenvalue weighted by Gasteiger charge is 2.19. The number of rotatable bonds is 6. The number of nitrogens with one attached hydrogen (secondary N) is 1. The molecule has 0 radical (unpaired) electrons. The number of nitrogens with zero attached hydrogens (tertiary/aromatic N) is 1. The fraction of sp³-hybridized carbons (Fsp3) is 0.533. The van der Waals surface area contributed by atoms with Gasteiger partial charge in [-0.25, -0.2) is 4.39 Å². The van der Waals surface area contributed by atoms with Crippen LogP contribution in [0.3, 0.4) is 0 Å². The maximum Gasteiger partial charge on any atom is 0.234 e. The Balaban J connectivity index is 2.55. The van der Waals surface area contributed by atoms with E-state index in [1.807, 2.05) is 25.8 Å². The lowest BCUT2D eigenvalue weighted by Gasteiger charge is -2.24. The SMILES string of the molecule is CC(NC(=O)CN(C)C(C)C)C(O)c1ccc(F)cc1. The molecule has 112 valence electrons. The van der Waals surface area contributed by atoms with E-state index in [0.717, 1.165) is 0 Å². The molecule has 4 nitrogen and oxygen atoms in total. The van der Waals surface area contributed by atoms with Crippen LogP contribution in [-0.2, 0) is 4.79 Å². The highest BCUT2D eigenvalue weighted by atomic mass is 19.1. The Labute approximate surface area is 119 Å². The van der Waals surface area contributed by atoms with Crippen molar-refractivity contribution in [2.75, 3.05) is 13.6 Å². The number of amides is 1. The molecule has 0 aliphatic carbocycles. The number of carbonyl (C=O) groups is 1. The first kappa shape index (κ1) is 16.6. The van der Waals surface area contributed by atoms with Crippen LogP contribution in [0.4, 0.5) is 4.39 Å². The van der Waals surface area contributed by atoms with E-state index < -0.39 is 12.1 Å². The summed E-state index contributed by atoms with van der Waals surface area (Å²) in [5.41, 5.74) is 0.580. The standard InChI is InChI=1S/C15H23FN2O2/c1-10(2)18(4)9-14(19)17-11(3)15(20)12-5-7-13(16)8-6-12/h5-8,10-11,15,20H,9H2,1-4H3,(H,17,19). The zero-order valence-electron chi connectivity index (χ0n) is 12.4. The van der Waals surface area contributed by atoms with Crippen molar-refractivity contribution in [3.05, 3.63) is 35.6 Å². The van der Waals surface area contributed by atoms with Crippen LogP contribution in [0.25, 0.3) is 0 Å². The van der Waals surface area contributed by atoms with Crippen molar-refractivity contribution < 1.29 is 14.3 Å². The van der Waals surface area contributed by atoms with Crippen molar-refractivity contribution in [3.8, 4) is 0 Å². The number of halogens is 1. The van der Waals surface area contributed by atoms with E-state index >= 15 is 0 Å². The fourth-order valence-corrected chi connectivity index (χ4v) is 1.74. The summed E-state index contributed by atoms with van der Waals surface area (Å²) in [6.45, 7) is 6.01. The number of carbonyl (C=O) groups excluding carboxylic acids is 1. The average molecular weight is 282 g/mol. The van der Waals surface area contributed by atoms with Gasteiger partial charge in [-0.15, -0.1) is 0 Å². The predicted octanol–water partition coefficient (Wildman–Crippen LogP) is 1.70. The van der Waals surface area contributed by atoms with E-state index in [9.17, 15) is 14.3 Å². The van der Waals surface area contributed by atoms with Gasteiger partial charge in [0.1, 0.15) is 5.82 Å². The van der Waals surface area contributed by atoms with Crippen LogP contribution in [0, 0.1) is 5.82 Å². The summed E-state index contributed by atoms with van der Waals surface area (Å²) in [6, 6.07) is 5.46. The normalized spacial score (nSPS) is 14.4. The van der Waals surface area contributed by atoms with Crippen molar-refractivity contribution in [1.29, 1.82) is 0 Å². The molecular formula is C15H23FN2O2. The third kappa shape index (κ3) is 4.90. The molecule has 0 fully saturated rings. The summed E-state index contributed by atoms with van der Waals surface area (Å²) in [5, 5.41) is 12.9. The summed E-state index contributed by atoms with van der Waals surface area (Å²) in [4.78, 5) is 13.7. The van der Waals surface area contributed by atoms with Crippen LogP contribution in [-0.4, -0.2) is 41.6 Å². The van der Waals surface area contributed by atoms with Gasteiger partial charge < -0.3 is 10.4 Å². The Morgan fingerprint density at radius 3 is 2.35 bits per heavy atom. The summed E-state index contributed by atoms with van der Waals surface area (Å²) in [7, 11) is 1.87. The van der Waals surface area contributed by atoms with Gasteiger partial charge in [-0.2, -0.15) is 0 Å². The molecule has 1 amide bonds.